The Morgan fingerprint density at radius 3 is 2.96 bits per heavy atom. The Balaban J connectivity index is 1.72. The molecule has 5 atom stereocenters. The van der Waals surface area contributed by atoms with E-state index in [0.717, 1.165) is 35.2 Å². The molecule has 0 amide bonds. The van der Waals surface area contributed by atoms with Crippen LogP contribution in [0.25, 0.3) is 10.9 Å². The van der Waals surface area contributed by atoms with Crippen LogP contribution in [0.4, 0.5) is 0 Å². The number of ether oxygens (including phenoxy) is 1. The van der Waals surface area contributed by atoms with Crippen molar-refractivity contribution in [2.75, 3.05) is 20.2 Å². The van der Waals surface area contributed by atoms with E-state index >= 15 is 0 Å². The number of rotatable bonds is 4. The Hall–Kier alpha value is -2.11. The Bertz CT molecular complexity index is 807. The normalized spacial score (nSPS) is 29.5. The van der Waals surface area contributed by atoms with Gasteiger partial charge in [0, 0.05) is 30.3 Å². The van der Waals surface area contributed by atoms with Crippen molar-refractivity contribution in [3.63, 3.8) is 0 Å². The van der Waals surface area contributed by atoms with E-state index in [1.807, 2.05) is 6.07 Å². The van der Waals surface area contributed by atoms with Crippen LogP contribution in [-0.2, 0) is 0 Å². The van der Waals surface area contributed by atoms with Crippen molar-refractivity contribution in [2.45, 2.75) is 25.0 Å². The molecule has 3 aliphatic heterocycles. The summed E-state index contributed by atoms with van der Waals surface area (Å²) in [6, 6.07) is 7.19. The molecule has 3 aliphatic rings. The molecule has 1 aromatic carbocycles. The summed E-state index contributed by atoms with van der Waals surface area (Å²) >= 11 is 0. The van der Waals surface area contributed by atoms with E-state index in [1.165, 1.54) is 12.6 Å². The molecule has 25 heavy (non-hydrogen) atoms. The molecule has 0 spiro atoms. The van der Waals surface area contributed by atoms with Crippen LogP contribution >= 0.6 is 0 Å². The van der Waals surface area contributed by atoms with Crippen LogP contribution in [0.2, 0.25) is 0 Å². The first kappa shape index (κ1) is 16.4. The average Bonchev–Trinajstić information content (AvgIpc) is 2.67. The molecule has 4 heterocycles. The number of nitrogens with zero attached hydrogens (tertiary/aromatic N) is 2. The molecule has 3 fully saturated rings. The molecule has 1 unspecified atom stereocenters. The first-order valence-corrected chi connectivity index (χ1v) is 8.87. The maximum absolute atomic E-state index is 12.1. The van der Waals surface area contributed by atoms with Crippen LogP contribution < -0.4 is 9.47 Å². The van der Waals surface area contributed by atoms with Crippen LogP contribution in [0.5, 0.6) is 5.75 Å². The van der Waals surface area contributed by atoms with E-state index < -0.39 is 6.10 Å². The van der Waals surface area contributed by atoms with Gasteiger partial charge in [-0.25, -0.2) is 0 Å². The highest BCUT2D eigenvalue weighted by Crippen LogP contribution is 2.42. The Morgan fingerprint density at radius 2 is 2.28 bits per heavy atom. The highest BCUT2D eigenvalue weighted by atomic mass is 16.5. The average molecular weight is 340 g/mol. The largest absolute Gasteiger partial charge is 0.618 e. The lowest BCUT2D eigenvalue weighted by atomic mass is 9.73. The molecular formula is C20H24N2O3. The zero-order valence-electron chi connectivity index (χ0n) is 14.5. The summed E-state index contributed by atoms with van der Waals surface area (Å²) in [5.41, 5.74) is 1.35. The molecule has 2 aromatic rings. The molecule has 0 aliphatic carbocycles. The lowest BCUT2D eigenvalue weighted by Gasteiger charge is -2.50. The van der Waals surface area contributed by atoms with Gasteiger partial charge in [-0.2, -0.15) is 4.73 Å². The lowest BCUT2D eigenvalue weighted by molar-refractivity contribution is -0.577. The monoisotopic (exact) mass is 340 g/mol. The molecular weight excluding hydrogens is 316 g/mol. The van der Waals surface area contributed by atoms with Crippen LogP contribution in [0.3, 0.4) is 0 Å². The van der Waals surface area contributed by atoms with E-state index in [-0.39, 0.29) is 6.04 Å². The smallest absolute Gasteiger partial charge is 0.224 e. The molecule has 5 nitrogen and oxygen atoms in total. The molecule has 1 N–H and O–H groups in total. The van der Waals surface area contributed by atoms with E-state index in [0.29, 0.717) is 23.1 Å². The molecule has 3 saturated heterocycles. The second-order valence-corrected chi connectivity index (χ2v) is 7.17. The van der Waals surface area contributed by atoms with Gasteiger partial charge in [0.2, 0.25) is 5.52 Å². The van der Waals surface area contributed by atoms with Gasteiger partial charge in [0.05, 0.1) is 18.6 Å². The second kappa shape index (κ2) is 6.32. The molecule has 5 rings (SSSR count). The summed E-state index contributed by atoms with van der Waals surface area (Å²) in [6.07, 6.45) is 5.06. The maximum atomic E-state index is 12.1. The van der Waals surface area contributed by atoms with Gasteiger partial charge in [0.15, 0.2) is 6.20 Å². The number of fused-ring (bicyclic) bond motifs is 4. The van der Waals surface area contributed by atoms with Crippen molar-refractivity contribution in [2.24, 2.45) is 11.8 Å². The summed E-state index contributed by atoms with van der Waals surface area (Å²) in [4.78, 5) is 2.38. The van der Waals surface area contributed by atoms with Gasteiger partial charge in [0.1, 0.15) is 5.75 Å². The second-order valence-electron chi connectivity index (χ2n) is 7.17. The highest BCUT2D eigenvalue weighted by molar-refractivity contribution is 5.81. The number of hydrogen-bond acceptors (Lipinski definition) is 4. The van der Waals surface area contributed by atoms with Gasteiger partial charge in [0.25, 0.3) is 0 Å². The van der Waals surface area contributed by atoms with Gasteiger partial charge in [-0.3, -0.25) is 4.90 Å². The molecule has 132 valence electrons. The number of aliphatic hydroxyl groups excluding tert-OH is 1. The quantitative estimate of drug-likeness (QED) is 0.527. The first-order valence-electron chi connectivity index (χ1n) is 8.87. The van der Waals surface area contributed by atoms with Crippen molar-refractivity contribution in [3.05, 3.63) is 53.9 Å². The van der Waals surface area contributed by atoms with Gasteiger partial charge in [-0.1, -0.05) is 6.08 Å². The summed E-state index contributed by atoms with van der Waals surface area (Å²) < 4.78 is 6.15. The van der Waals surface area contributed by atoms with Crippen LogP contribution in [-0.4, -0.2) is 36.2 Å². The van der Waals surface area contributed by atoms with E-state index in [9.17, 15) is 10.3 Å². The molecule has 0 radical (unpaired) electrons. The number of benzene rings is 1. The Labute approximate surface area is 147 Å². The Morgan fingerprint density at radius 1 is 1.44 bits per heavy atom. The molecule has 2 bridgehead atoms. The van der Waals surface area contributed by atoms with Gasteiger partial charge in [-0.15, -0.1) is 6.58 Å². The summed E-state index contributed by atoms with van der Waals surface area (Å²) in [7, 11) is 1.60. The van der Waals surface area contributed by atoms with Gasteiger partial charge < -0.3 is 15.1 Å². The third kappa shape index (κ3) is 2.68. The first-order chi connectivity index (χ1) is 12.1. The number of hydrogen-bond donors (Lipinski definition) is 1. The number of aliphatic hydroxyl groups is 1. The van der Waals surface area contributed by atoms with Gasteiger partial charge in [-0.05, 0) is 43.4 Å². The topological polar surface area (TPSA) is 59.6 Å². The van der Waals surface area contributed by atoms with Crippen LogP contribution in [0.15, 0.2) is 43.1 Å². The van der Waals surface area contributed by atoms with E-state index in [4.69, 9.17) is 4.74 Å². The summed E-state index contributed by atoms with van der Waals surface area (Å²) in [5.74, 6) is 1.80. The highest BCUT2D eigenvalue weighted by Gasteiger charge is 2.42. The maximum Gasteiger partial charge on any atom is 0.224 e. The molecule has 1 aromatic heterocycles. The Kier molecular flexibility index (Phi) is 4.13. The minimum Gasteiger partial charge on any atom is -0.618 e. The van der Waals surface area contributed by atoms with Crippen molar-refractivity contribution in [1.29, 1.82) is 0 Å². The van der Waals surface area contributed by atoms with E-state index in [2.05, 4.69) is 17.6 Å². The van der Waals surface area contributed by atoms with Crippen molar-refractivity contribution in [3.8, 4) is 5.75 Å². The fourth-order valence-corrected chi connectivity index (χ4v) is 4.55. The lowest BCUT2D eigenvalue weighted by Crippen LogP contribution is -2.54. The fourth-order valence-electron chi connectivity index (χ4n) is 4.55. The zero-order chi connectivity index (χ0) is 17.6. The SMILES string of the molecule is C=C[C@@H]1CN2CC[C@H]1C[C@H]2[C@@H](O)c1cc[n+]([O-])c2ccc(OC)cc12. The zero-order valence-corrected chi connectivity index (χ0v) is 14.5. The fraction of sp³-hybridized carbons (Fsp3) is 0.450. The minimum absolute atomic E-state index is 0.0897. The predicted octanol–water partition coefficient (Wildman–Crippen LogP) is 2.41. The third-order valence-electron chi connectivity index (χ3n) is 5.98. The molecule has 0 saturated carbocycles. The number of aromatic nitrogens is 1. The van der Waals surface area contributed by atoms with Crippen molar-refractivity contribution in [1.82, 2.24) is 4.90 Å². The predicted molar refractivity (Wildman–Crippen MR) is 96.2 cm³/mol. The van der Waals surface area contributed by atoms with E-state index in [1.54, 1.807) is 25.3 Å². The van der Waals surface area contributed by atoms with Crippen molar-refractivity contribution >= 4 is 10.9 Å². The molecule has 5 heteroatoms. The van der Waals surface area contributed by atoms with Crippen LogP contribution in [0, 0.1) is 17.0 Å². The number of piperidine rings is 3. The third-order valence-corrected chi connectivity index (χ3v) is 5.98. The minimum atomic E-state index is -0.621. The standard InChI is InChI=1S/C20H24N2O3/c1-3-13-12-21-8-6-14(13)10-19(21)20(23)16-7-9-22(24)18-5-4-15(25-2)11-17(16)18/h3-5,7,9,11,13-14,19-20,23H,1,6,8,10,12H2,2H3/t13-,14+,19+,20+/m1/s1. The summed E-state index contributed by atoms with van der Waals surface area (Å²) in [5, 5.41) is 24.0. The van der Waals surface area contributed by atoms with Gasteiger partial charge >= 0.3 is 0 Å². The van der Waals surface area contributed by atoms with Crippen molar-refractivity contribution < 1.29 is 14.6 Å². The number of pyridine rings is 1. The number of methoxy groups -OCH3 is 1. The summed E-state index contributed by atoms with van der Waals surface area (Å²) in [6.45, 7) is 5.94. The van der Waals surface area contributed by atoms with Crippen LogP contribution in [0.1, 0.15) is 24.5 Å².